The quantitative estimate of drug-likeness (QED) is 0.417. The van der Waals surface area contributed by atoms with Crippen LogP contribution in [0.1, 0.15) is 25.3 Å². The van der Waals surface area contributed by atoms with Gasteiger partial charge in [0, 0.05) is 30.2 Å². The van der Waals surface area contributed by atoms with Crippen molar-refractivity contribution in [1.29, 1.82) is 0 Å². The van der Waals surface area contributed by atoms with E-state index in [1.54, 1.807) is 4.90 Å². The van der Waals surface area contributed by atoms with Gasteiger partial charge in [-0.15, -0.1) is 11.8 Å². The van der Waals surface area contributed by atoms with Gasteiger partial charge in [-0.3, -0.25) is 4.79 Å². The number of primary sulfonamides is 1. The Morgan fingerprint density at radius 1 is 1.16 bits per heavy atom. The highest BCUT2D eigenvalue weighted by Gasteiger charge is 2.48. The number of hydrogen-bond donors (Lipinski definition) is 1. The van der Waals surface area contributed by atoms with Gasteiger partial charge in [0.05, 0.1) is 22.5 Å². The molecule has 0 radical (unpaired) electrons. The average molecular weight is 595 g/mol. The summed E-state index contributed by atoms with van der Waals surface area (Å²) >= 11 is 1.38. The third-order valence-corrected chi connectivity index (χ3v) is 9.83. The van der Waals surface area contributed by atoms with Crippen molar-refractivity contribution in [3.8, 4) is 0 Å². The van der Waals surface area contributed by atoms with E-state index < -0.39 is 41.1 Å². The van der Waals surface area contributed by atoms with E-state index in [0.717, 1.165) is 17.0 Å². The molecule has 8 nitrogen and oxygen atoms in total. The van der Waals surface area contributed by atoms with E-state index >= 15 is 0 Å². The molecule has 0 aliphatic carbocycles. The lowest BCUT2D eigenvalue weighted by Crippen LogP contribution is -2.46. The monoisotopic (exact) mass is 594 g/mol. The number of sulfonamides is 1. The molecule has 14 heteroatoms. The summed E-state index contributed by atoms with van der Waals surface area (Å²) in [5, 5.41) is 5.04. The number of ether oxygens (including phenoxy) is 1. The molecule has 1 fully saturated rings. The number of carbonyl (C=O) groups is 1. The fourth-order valence-corrected chi connectivity index (χ4v) is 6.71. The first-order chi connectivity index (χ1) is 17.7. The number of hydrogen-bond acceptors (Lipinski definition) is 7. The van der Waals surface area contributed by atoms with Gasteiger partial charge in [-0.25, -0.2) is 22.0 Å². The molecule has 1 aliphatic heterocycles. The molecule has 2 aromatic rings. The number of carbonyl (C=O) groups excluding carboxylic acids is 1. The van der Waals surface area contributed by atoms with Crippen molar-refractivity contribution < 1.29 is 39.5 Å². The van der Waals surface area contributed by atoms with Crippen LogP contribution in [0.25, 0.3) is 0 Å². The Balaban J connectivity index is 1.95. The van der Waals surface area contributed by atoms with E-state index in [-0.39, 0.29) is 30.4 Å². The standard InChI is InChI=1S/C24H29F3N2O6S3/c1-2-19-15-29(10-11-35-19)23(30)13-17(16-36-20-6-4-3-5-7-20)12-18-8-9-21(38(28,33)34)14-22(18)37(31,32)24(25,26)27/h3-9,14,17,19H,2,10-13,15-16H2,1H3,(H2,28,33,34)/t17-,19+/m1/s1. The van der Waals surface area contributed by atoms with Crippen molar-refractivity contribution in [2.75, 3.05) is 25.4 Å². The Labute approximate surface area is 224 Å². The SMILES string of the molecule is CC[C@H]1CN(C(=O)C[C@H](CSc2ccccc2)Cc2ccc(S(N)(=O)=O)cc2S(=O)(=O)C(F)(F)F)CCO1. The number of benzene rings is 2. The highest BCUT2D eigenvalue weighted by atomic mass is 32.2. The average Bonchev–Trinajstić information content (AvgIpc) is 2.86. The second-order valence-corrected chi connectivity index (χ2v) is 13.5. The molecule has 0 unspecified atom stereocenters. The summed E-state index contributed by atoms with van der Waals surface area (Å²) in [6.45, 7) is 3.08. The van der Waals surface area contributed by atoms with E-state index in [1.165, 1.54) is 11.8 Å². The van der Waals surface area contributed by atoms with Gasteiger partial charge in [-0.2, -0.15) is 13.2 Å². The van der Waals surface area contributed by atoms with E-state index in [0.29, 0.717) is 37.9 Å². The number of thioether (sulfide) groups is 1. The number of morpholine rings is 1. The Bertz CT molecular complexity index is 1340. The number of nitrogens with two attached hydrogens (primary N) is 1. The molecule has 1 aliphatic rings. The predicted octanol–water partition coefficient (Wildman–Crippen LogP) is 3.61. The van der Waals surface area contributed by atoms with Crippen molar-refractivity contribution >= 4 is 37.5 Å². The van der Waals surface area contributed by atoms with Gasteiger partial charge >= 0.3 is 5.51 Å². The third kappa shape index (κ3) is 7.72. The zero-order valence-corrected chi connectivity index (χ0v) is 23.0. The van der Waals surface area contributed by atoms with Crippen LogP contribution in [0.4, 0.5) is 13.2 Å². The fraction of sp³-hybridized carbons (Fsp3) is 0.458. The molecule has 2 aromatic carbocycles. The molecule has 0 spiro atoms. The maximum absolute atomic E-state index is 13.5. The van der Waals surface area contributed by atoms with E-state index in [4.69, 9.17) is 9.88 Å². The van der Waals surface area contributed by atoms with Crippen LogP contribution in [-0.2, 0) is 35.8 Å². The van der Waals surface area contributed by atoms with Crippen LogP contribution in [0.3, 0.4) is 0 Å². The molecular formula is C24H29F3N2O6S3. The lowest BCUT2D eigenvalue weighted by atomic mass is 9.97. The second-order valence-electron chi connectivity index (χ2n) is 8.90. The number of amides is 1. The molecule has 0 saturated carbocycles. The van der Waals surface area contributed by atoms with Gasteiger partial charge in [0.25, 0.3) is 9.84 Å². The number of halogens is 3. The van der Waals surface area contributed by atoms with Gasteiger partial charge in [0.1, 0.15) is 0 Å². The first-order valence-electron chi connectivity index (χ1n) is 11.8. The molecular weight excluding hydrogens is 565 g/mol. The molecule has 0 aromatic heterocycles. The molecule has 2 N–H and O–H groups in total. The lowest BCUT2D eigenvalue weighted by molar-refractivity contribution is -0.139. The summed E-state index contributed by atoms with van der Waals surface area (Å²) in [6, 6.07) is 11.6. The van der Waals surface area contributed by atoms with Gasteiger partial charge in [-0.1, -0.05) is 31.2 Å². The summed E-state index contributed by atoms with van der Waals surface area (Å²) in [5.74, 6) is -0.468. The normalized spacial score (nSPS) is 17.8. The Morgan fingerprint density at radius 3 is 2.45 bits per heavy atom. The highest BCUT2D eigenvalue weighted by molar-refractivity contribution is 7.99. The van der Waals surface area contributed by atoms with E-state index in [9.17, 15) is 34.8 Å². The summed E-state index contributed by atoms with van der Waals surface area (Å²) in [4.78, 5) is 13.7. The summed E-state index contributed by atoms with van der Waals surface area (Å²) in [5.41, 5.74) is -5.90. The minimum absolute atomic E-state index is 0.0429. The molecule has 1 amide bonds. The van der Waals surface area contributed by atoms with Gasteiger partial charge in [0.2, 0.25) is 15.9 Å². The van der Waals surface area contributed by atoms with Crippen molar-refractivity contribution in [3.05, 3.63) is 54.1 Å². The predicted molar refractivity (Wildman–Crippen MR) is 137 cm³/mol. The van der Waals surface area contributed by atoms with Gasteiger partial charge in [0.15, 0.2) is 0 Å². The Kier molecular flexibility index (Phi) is 9.90. The van der Waals surface area contributed by atoms with Crippen molar-refractivity contribution in [3.63, 3.8) is 0 Å². The molecule has 3 rings (SSSR count). The minimum atomic E-state index is -5.90. The Hall–Kier alpha value is -2.13. The smallest absolute Gasteiger partial charge is 0.375 e. The van der Waals surface area contributed by atoms with E-state index in [1.807, 2.05) is 37.3 Å². The van der Waals surface area contributed by atoms with Gasteiger partial charge in [-0.05, 0) is 48.6 Å². The Morgan fingerprint density at radius 2 is 1.84 bits per heavy atom. The van der Waals surface area contributed by atoms with Crippen LogP contribution in [0.5, 0.6) is 0 Å². The molecule has 0 bridgehead atoms. The van der Waals surface area contributed by atoms with Crippen molar-refractivity contribution in [1.82, 2.24) is 4.90 Å². The van der Waals surface area contributed by atoms with Crippen molar-refractivity contribution in [2.45, 2.75) is 52.5 Å². The number of nitrogens with zero attached hydrogens (tertiary/aromatic N) is 1. The zero-order valence-electron chi connectivity index (χ0n) is 20.6. The first kappa shape index (κ1) is 30.4. The maximum atomic E-state index is 13.5. The lowest BCUT2D eigenvalue weighted by Gasteiger charge is -2.33. The number of rotatable bonds is 10. The maximum Gasteiger partial charge on any atom is 0.501 e. The minimum Gasteiger partial charge on any atom is -0.375 e. The first-order valence-corrected chi connectivity index (χ1v) is 15.8. The van der Waals surface area contributed by atoms with E-state index in [2.05, 4.69) is 0 Å². The van der Waals surface area contributed by atoms with Crippen LogP contribution >= 0.6 is 11.8 Å². The molecule has 1 heterocycles. The highest BCUT2D eigenvalue weighted by Crippen LogP contribution is 2.35. The summed E-state index contributed by atoms with van der Waals surface area (Å²) < 4.78 is 94.5. The number of sulfone groups is 1. The summed E-state index contributed by atoms with van der Waals surface area (Å²) in [6.07, 6.45) is 0.354. The summed E-state index contributed by atoms with van der Waals surface area (Å²) in [7, 11) is -10.4. The van der Waals surface area contributed by atoms with Crippen LogP contribution in [0.2, 0.25) is 0 Å². The largest absolute Gasteiger partial charge is 0.501 e. The topological polar surface area (TPSA) is 124 Å². The fourth-order valence-electron chi connectivity index (χ4n) is 4.06. The van der Waals surface area contributed by atoms with Crippen LogP contribution in [0, 0.1) is 5.92 Å². The molecule has 210 valence electrons. The number of alkyl halides is 3. The molecule has 2 atom stereocenters. The molecule has 38 heavy (non-hydrogen) atoms. The third-order valence-electron chi connectivity index (χ3n) is 6.11. The van der Waals surface area contributed by atoms with Gasteiger partial charge < -0.3 is 9.64 Å². The van der Waals surface area contributed by atoms with Crippen LogP contribution < -0.4 is 5.14 Å². The zero-order chi connectivity index (χ0) is 28.1. The van der Waals surface area contributed by atoms with Crippen LogP contribution in [0.15, 0.2) is 63.2 Å². The van der Waals surface area contributed by atoms with Crippen LogP contribution in [-0.4, -0.2) is 64.7 Å². The molecule has 1 saturated heterocycles. The van der Waals surface area contributed by atoms with Crippen molar-refractivity contribution in [2.24, 2.45) is 11.1 Å². The second kappa shape index (κ2) is 12.4.